The SMILES string of the molecule is CC(C)COc1cc(F)cc(CN)c1. The fourth-order valence-corrected chi connectivity index (χ4v) is 1.08. The van der Waals surface area contributed by atoms with Gasteiger partial charge in [0.25, 0.3) is 0 Å². The van der Waals surface area contributed by atoms with Crippen molar-refractivity contribution in [1.82, 2.24) is 0 Å². The van der Waals surface area contributed by atoms with Crippen LogP contribution in [0.2, 0.25) is 0 Å². The molecule has 0 aromatic heterocycles. The first-order valence-corrected chi connectivity index (χ1v) is 4.74. The molecule has 2 nitrogen and oxygen atoms in total. The first-order chi connectivity index (χ1) is 6.61. The fraction of sp³-hybridized carbons (Fsp3) is 0.455. The lowest BCUT2D eigenvalue weighted by atomic mass is 10.2. The smallest absolute Gasteiger partial charge is 0.127 e. The van der Waals surface area contributed by atoms with Crippen LogP contribution in [-0.2, 0) is 6.54 Å². The number of hydrogen-bond donors (Lipinski definition) is 1. The van der Waals surface area contributed by atoms with Crippen LogP contribution in [0.1, 0.15) is 19.4 Å². The van der Waals surface area contributed by atoms with Crippen molar-refractivity contribution in [3.63, 3.8) is 0 Å². The molecule has 0 heterocycles. The molecule has 0 bridgehead atoms. The molecule has 3 heteroatoms. The molecule has 0 aliphatic heterocycles. The highest BCUT2D eigenvalue weighted by molar-refractivity contribution is 5.29. The second-order valence-electron chi connectivity index (χ2n) is 3.70. The van der Waals surface area contributed by atoms with Gasteiger partial charge in [0.2, 0.25) is 0 Å². The Labute approximate surface area is 83.9 Å². The van der Waals surface area contributed by atoms with Gasteiger partial charge >= 0.3 is 0 Å². The molecule has 2 N–H and O–H groups in total. The van der Waals surface area contributed by atoms with Gasteiger partial charge in [-0.2, -0.15) is 0 Å². The van der Waals surface area contributed by atoms with Crippen LogP contribution in [0.3, 0.4) is 0 Å². The van der Waals surface area contributed by atoms with E-state index in [0.717, 1.165) is 5.56 Å². The quantitative estimate of drug-likeness (QED) is 0.804. The van der Waals surface area contributed by atoms with Gasteiger partial charge in [-0.05, 0) is 23.6 Å². The molecule has 1 rings (SSSR count). The summed E-state index contributed by atoms with van der Waals surface area (Å²) < 4.78 is 18.4. The Hall–Kier alpha value is -1.09. The minimum atomic E-state index is -0.299. The molecule has 0 amide bonds. The minimum absolute atomic E-state index is 0.299. The molecule has 0 spiro atoms. The molecule has 0 atom stereocenters. The molecular weight excluding hydrogens is 181 g/mol. The zero-order chi connectivity index (χ0) is 10.6. The predicted octanol–water partition coefficient (Wildman–Crippen LogP) is 2.32. The van der Waals surface area contributed by atoms with E-state index < -0.39 is 0 Å². The van der Waals surface area contributed by atoms with Gasteiger partial charge in [-0.15, -0.1) is 0 Å². The van der Waals surface area contributed by atoms with Crippen molar-refractivity contribution >= 4 is 0 Å². The van der Waals surface area contributed by atoms with Crippen molar-refractivity contribution in [2.24, 2.45) is 11.7 Å². The third-order valence-corrected chi connectivity index (χ3v) is 1.75. The Morgan fingerprint density at radius 1 is 1.36 bits per heavy atom. The van der Waals surface area contributed by atoms with Gasteiger partial charge in [0.1, 0.15) is 11.6 Å². The van der Waals surface area contributed by atoms with Crippen molar-refractivity contribution in [3.05, 3.63) is 29.6 Å². The number of rotatable bonds is 4. The summed E-state index contributed by atoms with van der Waals surface area (Å²) in [4.78, 5) is 0. The van der Waals surface area contributed by atoms with E-state index in [1.54, 1.807) is 6.07 Å². The van der Waals surface area contributed by atoms with E-state index in [2.05, 4.69) is 0 Å². The molecule has 0 unspecified atom stereocenters. The van der Waals surface area contributed by atoms with Crippen LogP contribution in [0.15, 0.2) is 18.2 Å². The lowest BCUT2D eigenvalue weighted by Gasteiger charge is -2.09. The molecule has 14 heavy (non-hydrogen) atoms. The highest BCUT2D eigenvalue weighted by atomic mass is 19.1. The molecule has 1 aromatic carbocycles. The number of hydrogen-bond acceptors (Lipinski definition) is 2. The van der Waals surface area contributed by atoms with Gasteiger partial charge in [0.15, 0.2) is 0 Å². The van der Waals surface area contributed by atoms with Crippen molar-refractivity contribution in [3.8, 4) is 5.75 Å². The van der Waals surface area contributed by atoms with Gasteiger partial charge in [-0.25, -0.2) is 4.39 Å². The Morgan fingerprint density at radius 3 is 2.64 bits per heavy atom. The van der Waals surface area contributed by atoms with Crippen LogP contribution in [0.4, 0.5) is 4.39 Å². The third-order valence-electron chi connectivity index (χ3n) is 1.75. The predicted molar refractivity (Wildman–Crippen MR) is 54.6 cm³/mol. The second kappa shape index (κ2) is 4.96. The normalized spacial score (nSPS) is 10.6. The Balaban J connectivity index is 2.71. The molecule has 1 aromatic rings. The zero-order valence-corrected chi connectivity index (χ0v) is 8.59. The van der Waals surface area contributed by atoms with Gasteiger partial charge < -0.3 is 10.5 Å². The summed E-state index contributed by atoms with van der Waals surface area (Å²) in [5, 5.41) is 0. The average molecular weight is 197 g/mol. The summed E-state index contributed by atoms with van der Waals surface area (Å²) >= 11 is 0. The summed E-state index contributed by atoms with van der Waals surface area (Å²) in [5.74, 6) is 0.686. The Kier molecular flexibility index (Phi) is 3.89. The monoisotopic (exact) mass is 197 g/mol. The molecular formula is C11H16FNO. The lowest BCUT2D eigenvalue weighted by molar-refractivity contribution is 0.269. The third kappa shape index (κ3) is 3.34. The van der Waals surface area contributed by atoms with Gasteiger partial charge in [-0.3, -0.25) is 0 Å². The number of ether oxygens (including phenoxy) is 1. The van der Waals surface area contributed by atoms with E-state index in [4.69, 9.17) is 10.5 Å². The van der Waals surface area contributed by atoms with Crippen LogP contribution >= 0.6 is 0 Å². The summed E-state index contributed by atoms with van der Waals surface area (Å²) in [5.41, 5.74) is 6.17. The average Bonchev–Trinajstić information content (AvgIpc) is 2.14. The molecule has 0 saturated carbocycles. The number of halogens is 1. The summed E-state index contributed by atoms with van der Waals surface area (Å²) in [6.07, 6.45) is 0. The molecule has 0 fully saturated rings. The van der Waals surface area contributed by atoms with E-state index in [9.17, 15) is 4.39 Å². The molecule has 0 saturated heterocycles. The second-order valence-corrected chi connectivity index (χ2v) is 3.70. The van der Waals surface area contributed by atoms with Crippen LogP contribution < -0.4 is 10.5 Å². The van der Waals surface area contributed by atoms with Crippen molar-refractivity contribution in [1.29, 1.82) is 0 Å². The summed E-state index contributed by atoms with van der Waals surface area (Å²) in [7, 11) is 0. The lowest BCUT2D eigenvalue weighted by Crippen LogP contribution is -2.05. The maximum absolute atomic E-state index is 13.0. The largest absolute Gasteiger partial charge is 0.493 e. The van der Waals surface area contributed by atoms with Gasteiger partial charge in [0, 0.05) is 12.6 Å². The first kappa shape index (κ1) is 11.0. The molecule has 0 aliphatic rings. The standard InChI is InChI=1S/C11H16FNO/c1-8(2)7-14-11-4-9(6-13)3-10(12)5-11/h3-5,8H,6-7,13H2,1-2H3. The molecule has 0 aliphatic carbocycles. The van der Waals surface area contributed by atoms with Crippen molar-refractivity contribution in [2.75, 3.05) is 6.61 Å². The van der Waals surface area contributed by atoms with Crippen LogP contribution in [-0.4, -0.2) is 6.61 Å². The summed E-state index contributed by atoms with van der Waals surface area (Å²) in [6.45, 7) is 5.01. The van der Waals surface area contributed by atoms with E-state index in [1.165, 1.54) is 12.1 Å². The first-order valence-electron chi connectivity index (χ1n) is 4.74. The van der Waals surface area contributed by atoms with E-state index in [1.807, 2.05) is 13.8 Å². The van der Waals surface area contributed by atoms with Crippen LogP contribution in [0.25, 0.3) is 0 Å². The maximum Gasteiger partial charge on any atom is 0.127 e. The molecule has 78 valence electrons. The van der Waals surface area contributed by atoms with Crippen molar-refractivity contribution in [2.45, 2.75) is 20.4 Å². The fourth-order valence-electron chi connectivity index (χ4n) is 1.08. The molecule has 0 radical (unpaired) electrons. The summed E-state index contributed by atoms with van der Waals surface area (Å²) in [6, 6.07) is 4.56. The Bertz CT molecular complexity index is 299. The Morgan fingerprint density at radius 2 is 2.07 bits per heavy atom. The van der Waals surface area contributed by atoms with E-state index >= 15 is 0 Å². The van der Waals surface area contributed by atoms with E-state index in [-0.39, 0.29) is 5.82 Å². The van der Waals surface area contributed by atoms with Crippen LogP contribution in [0.5, 0.6) is 5.75 Å². The van der Waals surface area contributed by atoms with Crippen LogP contribution in [0, 0.1) is 11.7 Å². The zero-order valence-electron chi connectivity index (χ0n) is 8.59. The number of nitrogens with two attached hydrogens (primary N) is 1. The van der Waals surface area contributed by atoms with Gasteiger partial charge in [0.05, 0.1) is 6.61 Å². The minimum Gasteiger partial charge on any atom is -0.493 e. The number of benzene rings is 1. The highest BCUT2D eigenvalue weighted by Crippen LogP contribution is 2.16. The topological polar surface area (TPSA) is 35.2 Å². The van der Waals surface area contributed by atoms with Gasteiger partial charge in [-0.1, -0.05) is 13.8 Å². The van der Waals surface area contributed by atoms with E-state index in [0.29, 0.717) is 24.8 Å². The van der Waals surface area contributed by atoms with Crippen molar-refractivity contribution < 1.29 is 9.13 Å². The maximum atomic E-state index is 13.0. The highest BCUT2D eigenvalue weighted by Gasteiger charge is 2.01.